The van der Waals surface area contributed by atoms with Gasteiger partial charge in [0.15, 0.2) is 6.42 Å². The lowest BCUT2D eigenvalue weighted by Crippen LogP contribution is -2.18. The van der Waals surface area contributed by atoms with Crippen molar-refractivity contribution >= 4 is 5.97 Å². The fourth-order valence-electron chi connectivity index (χ4n) is 0.144. The van der Waals surface area contributed by atoms with E-state index in [-0.39, 0.29) is 6.42 Å². The van der Waals surface area contributed by atoms with Gasteiger partial charge in [-0.2, -0.15) is 0 Å². The molecule has 0 spiro atoms. The fourth-order valence-corrected chi connectivity index (χ4v) is 0.144. The molecule has 7 heavy (non-hydrogen) atoms. The van der Waals surface area contributed by atoms with E-state index in [1.54, 1.807) is 0 Å². The minimum atomic E-state index is -0.421. The summed E-state index contributed by atoms with van der Waals surface area (Å²) in [5.41, 5.74) is 0. The van der Waals surface area contributed by atoms with Crippen molar-refractivity contribution in [1.82, 2.24) is 0 Å². The van der Waals surface area contributed by atoms with Gasteiger partial charge in [0.1, 0.15) is 0 Å². The molecule has 0 heterocycles. The largest absolute Gasteiger partial charge is 0.468 e. The Morgan fingerprint density at radius 3 is 2.71 bits per heavy atom. The molecule has 0 unspecified atom stereocenters. The molecule has 0 aromatic carbocycles. The first-order valence-electron chi connectivity index (χ1n) is 1.77. The summed E-state index contributed by atoms with van der Waals surface area (Å²) in [5.74, 6) is -0.421. The zero-order valence-corrected chi connectivity index (χ0v) is 4.02. The average molecular weight is 100 g/mol. The highest BCUT2D eigenvalue weighted by atomic mass is 16.5. The number of nitrogens with one attached hydrogen (secondary N) is 1. The maximum Gasteiger partial charge on any atom is 0.324 e. The van der Waals surface area contributed by atoms with Crippen molar-refractivity contribution in [3.8, 4) is 6.07 Å². The molecule has 0 aromatic rings. The van der Waals surface area contributed by atoms with Crippen LogP contribution in [0.25, 0.3) is 0 Å². The lowest BCUT2D eigenvalue weighted by atomic mass is 10.5. The summed E-state index contributed by atoms with van der Waals surface area (Å²) >= 11 is 0. The lowest BCUT2D eigenvalue weighted by molar-refractivity contribution is -0.141. The topological polar surface area (TPSA) is 50.1 Å². The van der Waals surface area contributed by atoms with Crippen LogP contribution >= 0.6 is 0 Å². The minimum absolute atomic E-state index is 0.0451. The molecule has 0 saturated heterocycles. The van der Waals surface area contributed by atoms with Crippen LogP contribution in [0.2, 0.25) is 0 Å². The predicted molar refractivity (Wildman–Crippen MR) is 21.5 cm³/mol. The third-order valence-corrected chi connectivity index (χ3v) is 0.460. The Kier molecular flexibility index (Phi) is 2.69. The van der Waals surface area contributed by atoms with E-state index in [1.807, 2.05) is 6.07 Å². The van der Waals surface area contributed by atoms with E-state index in [0.29, 0.717) is 0 Å². The third kappa shape index (κ3) is 2.77. The minimum Gasteiger partial charge on any atom is -0.468 e. The second-order valence-electron chi connectivity index (χ2n) is 0.930. The summed E-state index contributed by atoms with van der Waals surface area (Å²) in [6.45, 7) is 0. The van der Waals surface area contributed by atoms with Gasteiger partial charge in [0.25, 0.3) is 6.07 Å². The van der Waals surface area contributed by atoms with Crippen LogP contribution in [0.15, 0.2) is 0 Å². The van der Waals surface area contributed by atoms with E-state index in [4.69, 9.17) is 5.26 Å². The maximum atomic E-state index is 10.0. The van der Waals surface area contributed by atoms with E-state index in [1.165, 1.54) is 7.11 Å². The number of rotatable bonds is 1. The van der Waals surface area contributed by atoms with E-state index >= 15 is 0 Å². The van der Waals surface area contributed by atoms with Crippen LogP contribution in [0.4, 0.5) is 0 Å². The number of esters is 1. The standard InChI is InChI=1S/C4H5NO2/c1-7-4(6)2-3-5/h2H2,1H3/p+1. The summed E-state index contributed by atoms with van der Waals surface area (Å²) in [6.07, 6.45) is -0.0451. The average Bonchev–Trinajstić information content (AvgIpc) is 1.68. The van der Waals surface area contributed by atoms with E-state index < -0.39 is 5.97 Å². The van der Waals surface area contributed by atoms with Crippen LogP contribution in [0.1, 0.15) is 6.42 Å². The van der Waals surface area contributed by atoms with Gasteiger partial charge in [-0.3, -0.25) is 4.79 Å². The van der Waals surface area contributed by atoms with Gasteiger partial charge < -0.3 is 4.74 Å². The molecule has 0 aliphatic heterocycles. The molecule has 0 aliphatic rings. The molecular weight excluding hydrogens is 94.0 g/mol. The van der Waals surface area contributed by atoms with Gasteiger partial charge in [0.2, 0.25) is 0 Å². The van der Waals surface area contributed by atoms with Crippen molar-refractivity contribution in [3.05, 3.63) is 0 Å². The van der Waals surface area contributed by atoms with Crippen molar-refractivity contribution < 1.29 is 14.8 Å². The molecule has 0 radical (unpaired) electrons. The van der Waals surface area contributed by atoms with Gasteiger partial charge in [-0.25, -0.2) is 0 Å². The Hall–Kier alpha value is -1.04. The molecule has 0 aromatic heterocycles. The molecule has 3 nitrogen and oxygen atoms in total. The predicted octanol–water partition coefficient (Wildman–Crippen LogP) is -1.68. The third-order valence-electron chi connectivity index (χ3n) is 0.460. The number of hydrogen-bond donors (Lipinski definition) is 1. The molecule has 1 N–H and O–H groups in total. The van der Waals surface area contributed by atoms with Crippen LogP contribution < -0.4 is 5.26 Å². The number of carbonyl (C=O) groups is 1. The molecule has 0 bridgehead atoms. The van der Waals surface area contributed by atoms with Crippen LogP contribution in [0, 0.1) is 6.07 Å². The summed E-state index contributed by atoms with van der Waals surface area (Å²) in [6, 6.07) is 1.89. The second-order valence-corrected chi connectivity index (χ2v) is 0.930. The summed E-state index contributed by atoms with van der Waals surface area (Å²) in [4.78, 5) is 10.0. The molecule has 0 fully saturated rings. The number of ether oxygens (including phenoxy) is 1. The summed E-state index contributed by atoms with van der Waals surface area (Å²) in [7, 11) is 1.28. The Morgan fingerprint density at radius 1 is 2.00 bits per heavy atom. The zero-order chi connectivity index (χ0) is 5.70. The molecule has 0 aliphatic carbocycles. The molecule has 0 rings (SSSR count). The lowest BCUT2D eigenvalue weighted by Gasteiger charge is -1.84. The molecule has 38 valence electrons. The molecule has 3 heteroatoms. The highest BCUT2D eigenvalue weighted by Gasteiger charge is 1.97. The van der Waals surface area contributed by atoms with Gasteiger partial charge >= 0.3 is 5.97 Å². The SMILES string of the molecule is COC(=O)CC#[NH+]. The highest BCUT2D eigenvalue weighted by molar-refractivity contribution is 5.71. The van der Waals surface area contributed by atoms with Gasteiger partial charge in [-0.15, -0.1) is 5.26 Å². The normalized spacial score (nSPS) is 6.86. The first-order chi connectivity index (χ1) is 3.31. The Morgan fingerprint density at radius 2 is 2.57 bits per heavy atom. The van der Waals surface area contributed by atoms with Crippen molar-refractivity contribution in [1.29, 1.82) is 0 Å². The van der Waals surface area contributed by atoms with Crippen molar-refractivity contribution in [3.63, 3.8) is 0 Å². The smallest absolute Gasteiger partial charge is 0.324 e. The van der Waals surface area contributed by atoms with Crippen LogP contribution in [-0.4, -0.2) is 13.1 Å². The van der Waals surface area contributed by atoms with E-state index in [2.05, 4.69) is 4.74 Å². The Bertz CT molecular complexity index is 103. The zero-order valence-electron chi connectivity index (χ0n) is 4.02. The van der Waals surface area contributed by atoms with Crippen LogP contribution in [-0.2, 0) is 9.53 Å². The van der Waals surface area contributed by atoms with Gasteiger partial charge in [-0.05, 0) is 0 Å². The molecule has 0 saturated carbocycles. The van der Waals surface area contributed by atoms with Gasteiger partial charge in [0.05, 0.1) is 7.11 Å². The molecule has 0 amide bonds. The Balaban J connectivity index is 3.23. The van der Waals surface area contributed by atoms with E-state index in [0.717, 1.165) is 0 Å². The first-order valence-corrected chi connectivity index (χ1v) is 1.77. The quantitative estimate of drug-likeness (QED) is 0.400. The van der Waals surface area contributed by atoms with Gasteiger partial charge in [-0.1, -0.05) is 0 Å². The highest BCUT2D eigenvalue weighted by Crippen LogP contribution is 1.75. The van der Waals surface area contributed by atoms with Crippen molar-refractivity contribution in [2.75, 3.05) is 7.11 Å². The monoisotopic (exact) mass is 100 g/mol. The summed E-state index contributed by atoms with van der Waals surface area (Å²) in [5, 5.41) is 6.29. The molecular formula is C4H6NO2+. The summed E-state index contributed by atoms with van der Waals surface area (Å²) < 4.78 is 4.17. The molecule has 0 atom stereocenters. The van der Waals surface area contributed by atoms with Crippen molar-refractivity contribution in [2.45, 2.75) is 6.42 Å². The van der Waals surface area contributed by atoms with Crippen LogP contribution in [0.3, 0.4) is 0 Å². The maximum absolute atomic E-state index is 10.0. The second kappa shape index (κ2) is 3.16. The van der Waals surface area contributed by atoms with E-state index in [9.17, 15) is 4.79 Å². The van der Waals surface area contributed by atoms with Gasteiger partial charge in [0, 0.05) is 0 Å². The van der Waals surface area contributed by atoms with Crippen LogP contribution in [0.5, 0.6) is 0 Å². The number of hydrogen-bond acceptors (Lipinski definition) is 2. The number of methoxy groups -OCH3 is 1. The Labute approximate surface area is 41.5 Å². The first kappa shape index (κ1) is 5.96. The fraction of sp³-hybridized carbons (Fsp3) is 0.500. The number of carbonyl (C=O) groups excluding carboxylic acids is 1. The van der Waals surface area contributed by atoms with Crippen molar-refractivity contribution in [2.24, 2.45) is 0 Å².